The summed E-state index contributed by atoms with van der Waals surface area (Å²) in [5.41, 5.74) is 0.905. The van der Waals surface area contributed by atoms with Gasteiger partial charge in [-0.1, -0.05) is 24.8 Å². The molecule has 0 fully saturated rings. The van der Waals surface area contributed by atoms with Crippen LogP contribution in [0, 0.1) is 0 Å². The van der Waals surface area contributed by atoms with Gasteiger partial charge in [-0.3, -0.25) is 10.1 Å². The lowest BCUT2D eigenvalue weighted by atomic mass is 10.1. The molecule has 0 heterocycles. The van der Waals surface area contributed by atoms with Gasteiger partial charge in [-0.05, 0) is 19.1 Å². The van der Waals surface area contributed by atoms with Crippen LogP contribution in [0.4, 0.5) is 10.5 Å². The van der Waals surface area contributed by atoms with Gasteiger partial charge in [0.1, 0.15) is 6.61 Å². The minimum Gasteiger partial charge on any atom is -0.445 e. The largest absolute Gasteiger partial charge is 0.445 e. The zero-order valence-corrected chi connectivity index (χ0v) is 9.03. The fourth-order valence-electron chi connectivity index (χ4n) is 1.18. The van der Waals surface area contributed by atoms with Crippen molar-refractivity contribution < 1.29 is 14.3 Å². The van der Waals surface area contributed by atoms with Crippen molar-refractivity contribution in [3.63, 3.8) is 0 Å². The van der Waals surface area contributed by atoms with E-state index in [1.165, 1.54) is 13.0 Å². The number of Topliss-reactive ketones (excluding diaryl/α,β-unsaturated/α-hetero) is 1. The van der Waals surface area contributed by atoms with Crippen LogP contribution in [-0.2, 0) is 4.74 Å². The Bertz CT molecular complexity index is 412. The van der Waals surface area contributed by atoms with E-state index in [4.69, 9.17) is 4.74 Å². The van der Waals surface area contributed by atoms with Crippen molar-refractivity contribution in [2.24, 2.45) is 0 Å². The number of para-hydroxylation sites is 1. The van der Waals surface area contributed by atoms with E-state index >= 15 is 0 Å². The van der Waals surface area contributed by atoms with Crippen molar-refractivity contribution >= 4 is 17.6 Å². The molecule has 4 heteroatoms. The molecule has 0 aliphatic carbocycles. The summed E-state index contributed by atoms with van der Waals surface area (Å²) in [6.45, 7) is 5.00. The second-order valence-corrected chi connectivity index (χ2v) is 3.11. The number of carbonyl (C=O) groups excluding carboxylic acids is 2. The smallest absolute Gasteiger partial charge is 0.411 e. The van der Waals surface area contributed by atoms with E-state index in [0.29, 0.717) is 11.3 Å². The number of carbonyl (C=O) groups is 2. The standard InChI is InChI=1S/C12H13NO3/c1-3-8-16-12(15)13-11-7-5-4-6-10(11)9(2)14/h3-7H,1,8H2,2H3,(H,13,15). The Labute approximate surface area is 93.9 Å². The molecule has 84 valence electrons. The van der Waals surface area contributed by atoms with Crippen LogP contribution in [0.5, 0.6) is 0 Å². The van der Waals surface area contributed by atoms with Crippen LogP contribution in [0.15, 0.2) is 36.9 Å². The number of rotatable bonds is 4. The average molecular weight is 219 g/mol. The van der Waals surface area contributed by atoms with Gasteiger partial charge in [-0.15, -0.1) is 0 Å². The first-order valence-corrected chi connectivity index (χ1v) is 4.79. The van der Waals surface area contributed by atoms with Crippen LogP contribution >= 0.6 is 0 Å². The Kier molecular flexibility index (Phi) is 4.27. The number of hydrogen-bond acceptors (Lipinski definition) is 3. The zero-order valence-electron chi connectivity index (χ0n) is 9.03. The molecular weight excluding hydrogens is 206 g/mol. The molecule has 0 saturated carbocycles. The third-order valence-electron chi connectivity index (χ3n) is 1.88. The second kappa shape index (κ2) is 5.70. The highest BCUT2D eigenvalue weighted by Crippen LogP contribution is 2.15. The van der Waals surface area contributed by atoms with Crippen molar-refractivity contribution in [3.8, 4) is 0 Å². The number of benzene rings is 1. The van der Waals surface area contributed by atoms with Crippen LogP contribution in [0.3, 0.4) is 0 Å². The molecule has 0 saturated heterocycles. The molecule has 0 aliphatic rings. The average Bonchev–Trinajstić information content (AvgIpc) is 2.27. The first-order chi connectivity index (χ1) is 7.65. The SMILES string of the molecule is C=CCOC(=O)Nc1ccccc1C(C)=O. The Morgan fingerprint density at radius 3 is 2.75 bits per heavy atom. The predicted molar refractivity (Wildman–Crippen MR) is 61.6 cm³/mol. The molecule has 1 rings (SSSR count). The van der Waals surface area contributed by atoms with Gasteiger partial charge in [0.25, 0.3) is 0 Å². The van der Waals surface area contributed by atoms with Gasteiger partial charge >= 0.3 is 6.09 Å². The van der Waals surface area contributed by atoms with Crippen LogP contribution in [0.1, 0.15) is 17.3 Å². The van der Waals surface area contributed by atoms with Crippen molar-refractivity contribution in [3.05, 3.63) is 42.5 Å². The zero-order chi connectivity index (χ0) is 12.0. The van der Waals surface area contributed by atoms with E-state index in [1.54, 1.807) is 24.3 Å². The molecule has 1 amide bonds. The normalized spacial score (nSPS) is 9.31. The number of nitrogens with one attached hydrogen (secondary N) is 1. The summed E-state index contributed by atoms with van der Waals surface area (Å²) in [6.07, 6.45) is 0.866. The summed E-state index contributed by atoms with van der Waals surface area (Å²) < 4.78 is 4.75. The van der Waals surface area contributed by atoms with E-state index in [-0.39, 0.29) is 12.4 Å². The molecule has 0 atom stereocenters. The van der Waals surface area contributed by atoms with E-state index in [1.807, 2.05) is 0 Å². The highest BCUT2D eigenvalue weighted by atomic mass is 16.5. The summed E-state index contributed by atoms with van der Waals surface area (Å²) >= 11 is 0. The number of anilines is 1. The summed E-state index contributed by atoms with van der Waals surface area (Å²) in [5, 5.41) is 2.50. The lowest BCUT2D eigenvalue weighted by Gasteiger charge is -2.08. The summed E-state index contributed by atoms with van der Waals surface area (Å²) in [5.74, 6) is -0.111. The first kappa shape index (κ1) is 12.0. The predicted octanol–water partition coefficient (Wildman–Crippen LogP) is 2.62. The Morgan fingerprint density at radius 2 is 2.12 bits per heavy atom. The number of ether oxygens (including phenoxy) is 1. The summed E-state index contributed by atoms with van der Waals surface area (Å²) in [4.78, 5) is 22.5. The van der Waals surface area contributed by atoms with Gasteiger partial charge in [-0.2, -0.15) is 0 Å². The number of amides is 1. The topological polar surface area (TPSA) is 55.4 Å². The summed E-state index contributed by atoms with van der Waals surface area (Å²) in [7, 11) is 0. The van der Waals surface area contributed by atoms with Gasteiger partial charge in [0.05, 0.1) is 5.69 Å². The van der Waals surface area contributed by atoms with Gasteiger partial charge in [0, 0.05) is 5.56 Å². The molecule has 0 radical (unpaired) electrons. The van der Waals surface area contributed by atoms with Crippen molar-refractivity contribution in [2.45, 2.75) is 6.92 Å². The van der Waals surface area contributed by atoms with Crippen LogP contribution in [0.2, 0.25) is 0 Å². The highest BCUT2D eigenvalue weighted by Gasteiger charge is 2.09. The van der Waals surface area contributed by atoms with Gasteiger partial charge < -0.3 is 4.74 Å². The highest BCUT2D eigenvalue weighted by molar-refractivity contribution is 6.02. The van der Waals surface area contributed by atoms with Crippen molar-refractivity contribution in [1.29, 1.82) is 0 Å². The first-order valence-electron chi connectivity index (χ1n) is 4.79. The fraction of sp³-hybridized carbons (Fsp3) is 0.167. The molecular formula is C12H13NO3. The number of ketones is 1. The lowest BCUT2D eigenvalue weighted by molar-refractivity contribution is 0.101. The maximum atomic E-state index is 11.3. The van der Waals surface area contributed by atoms with Crippen LogP contribution < -0.4 is 5.32 Å². The molecule has 1 aromatic rings. The molecule has 4 nitrogen and oxygen atoms in total. The minimum absolute atomic E-state index is 0.111. The van der Waals surface area contributed by atoms with E-state index < -0.39 is 6.09 Å². The maximum absolute atomic E-state index is 11.3. The van der Waals surface area contributed by atoms with E-state index in [9.17, 15) is 9.59 Å². The van der Waals surface area contributed by atoms with Gasteiger partial charge in [0.2, 0.25) is 0 Å². The van der Waals surface area contributed by atoms with Gasteiger partial charge in [-0.25, -0.2) is 4.79 Å². The molecule has 0 aromatic heterocycles. The Hall–Kier alpha value is -2.10. The number of hydrogen-bond donors (Lipinski definition) is 1. The molecule has 16 heavy (non-hydrogen) atoms. The third kappa shape index (κ3) is 3.24. The Balaban J connectivity index is 2.76. The second-order valence-electron chi connectivity index (χ2n) is 3.11. The third-order valence-corrected chi connectivity index (χ3v) is 1.88. The monoisotopic (exact) mass is 219 g/mol. The van der Waals surface area contributed by atoms with Crippen molar-refractivity contribution in [1.82, 2.24) is 0 Å². The summed E-state index contributed by atoms with van der Waals surface area (Å²) in [6, 6.07) is 6.75. The van der Waals surface area contributed by atoms with E-state index in [2.05, 4.69) is 11.9 Å². The molecule has 1 N–H and O–H groups in total. The molecule has 0 aliphatic heterocycles. The van der Waals surface area contributed by atoms with Gasteiger partial charge in [0.15, 0.2) is 5.78 Å². The lowest BCUT2D eigenvalue weighted by Crippen LogP contribution is -2.15. The Morgan fingerprint density at radius 1 is 1.44 bits per heavy atom. The fourth-order valence-corrected chi connectivity index (χ4v) is 1.18. The maximum Gasteiger partial charge on any atom is 0.411 e. The molecule has 0 spiro atoms. The molecule has 0 unspecified atom stereocenters. The van der Waals surface area contributed by atoms with E-state index in [0.717, 1.165) is 0 Å². The van der Waals surface area contributed by atoms with Crippen LogP contribution in [-0.4, -0.2) is 18.5 Å². The van der Waals surface area contributed by atoms with Crippen molar-refractivity contribution in [2.75, 3.05) is 11.9 Å². The minimum atomic E-state index is -0.603. The quantitative estimate of drug-likeness (QED) is 0.625. The molecule has 0 bridgehead atoms. The molecule has 1 aromatic carbocycles. The van der Waals surface area contributed by atoms with Crippen LogP contribution in [0.25, 0.3) is 0 Å².